The van der Waals surface area contributed by atoms with Crippen LogP contribution in [0.15, 0.2) is 197 Å². The van der Waals surface area contributed by atoms with E-state index in [1.54, 1.807) is 0 Å². The Morgan fingerprint density at radius 3 is 1.93 bits per heavy atom. The van der Waals surface area contributed by atoms with Gasteiger partial charge in [-0.2, -0.15) is 0 Å². The van der Waals surface area contributed by atoms with E-state index in [1.165, 1.54) is 33.4 Å². The number of para-hydroxylation sites is 2. The molecule has 1 aliphatic rings. The summed E-state index contributed by atoms with van der Waals surface area (Å²) < 4.78 is 13.7. The average molecular weight is 744 g/mol. The van der Waals surface area contributed by atoms with Gasteiger partial charge in [0, 0.05) is 44.1 Å². The molecule has 0 fully saturated rings. The number of hydrogen-bond acceptors (Lipinski definition) is 3. The van der Waals surface area contributed by atoms with Crippen molar-refractivity contribution in [3.05, 3.63) is 199 Å². The molecular weight excluding hydrogens is 707 g/mol. The van der Waals surface area contributed by atoms with Crippen molar-refractivity contribution in [1.29, 1.82) is 0 Å². The molecule has 0 aliphatic heterocycles. The molecule has 0 radical (unpaired) electrons. The smallest absolute Gasteiger partial charge is 0.144 e. The van der Waals surface area contributed by atoms with Crippen molar-refractivity contribution < 1.29 is 8.83 Å². The maximum absolute atomic E-state index is 7.09. The van der Waals surface area contributed by atoms with Crippen molar-refractivity contribution in [3.63, 3.8) is 0 Å². The second-order valence-corrected chi connectivity index (χ2v) is 16.0. The molecule has 0 saturated heterocycles. The predicted octanol–water partition coefficient (Wildman–Crippen LogP) is 15.7. The maximum atomic E-state index is 7.09. The van der Waals surface area contributed by atoms with Gasteiger partial charge in [-0.05, 0) is 92.7 Å². The molecule has 3 nitrogen and oxygen atoms in total. The summed E-state index contributed by atoms with van der Waals surface area (Å²) in [5, 5.41) is 6.60. The summed E-state index contributed by atoms with van der Waals surface area (Å²) in [7, 11) is 0. The van der Waals surface area contributed by atoms with Crippen LogP contribution in [0.25, 0.3) is 88.0 Å². The van der Waals surface area contributed by atoms with E-state index in [0.717, 1.165) is 82.8 Å². The molecule has 0 unspecified atom stereocenters. The summed E-state index contributed by atoms with van der Waals surface area (Å²) in [5.74, 6) is 0. The highest BCUT2D eigenvalue weighted by Gasteiger charge is 2.36. The Kier molecular flexibility index (Phi) is 6.98. The minimum atomic E-state index is -0.148. The molecule has 0 bridgehead atoms. The van der Waals surface area contributed by atoms with E-state index in [2.05, 4.69) is 195 Å². The minimum Gasteiger partial charge on any atom is -0.455 e. The SMILES string of the molecule is CC1(C)c2ccccc2-c2ccc(N(c3ccc(-c4ccccc4)cc3)c3cccc4oc5c(-c6cccc7c6oc6ccccc67)c6ccccc6cc5c34)cc21. The quantitative estimate of drug-likeness (QED) is 0.176. The van der Waals surface area contributed by atoms with Crippen LogP contribution in [-0.2, 0) is 5.41 Å². The summed E-state index contributed by atoms with van der Waals surface area (Å²) >= 11 is 0. The topological polar surface area (TPSA) is 29.5 Å². The van der Waals surface area contributed by atoms with Crippen molar-refractivity contribution in [2.75, 3.05) is 4.90 Å². The first-order valence-electron chi connectivity index (χ1n) is 20.0. The van der Waals surface area contributed by atoms with E-state index >= 15 is 0 Å². The number of furan rings is 2. The highest BCUT2D eigenvalue weighted by atomic mass is 16.3. The molecule has 0 spiro atoms. The largest absolute Gasteiger partial charge is 0.455 e. The zero-order chi connectivity index (χ0) is 38.5. The first-order valence-corrected chi connectivity index (χ1v) is 20.0. The lowest BCUT2D eigenvalue weighted by Crippen LogP contribution is -2.16. The van der Waals surface area contributed by atoms with Gasteiger partial charge in [0.1, 0.15) is 22.3 Å². The Morgan fingerprint density at radius 1 is 0.414 bits per heavy atom. The fraction of sp³-hybridized carbons (Fsp3) is 0.0545. The van der Waals surface area contributed by atoms with Crippen LogP contribution in [0.3, 0.4) is 0 Å². The van der Waals surface area contributed by atoms with Gasteiger partial charge in [-0.25, -0.2) is 0 Å². The van der Waals surface area contributed by atoms with Gasteiger partial charge in [-0.15, -0.1) is 0 Å². The zero-order valence-electron chi connectivity index (χ0n) is 32.2. The zero-order valence-corrected chi connectivity index (χ0v) is 32.2. The molecule has 274 valence electrons. The lowest BCUT2D eigenvalue weighted by molar-refractivity contribution is 0.660. The van der Waals surface area contributed by atoms with Gasteiger partial charge in [0.2, 0.25) is 0 Å². The van der Waals surface area contributed by atoms with Crippen LogP contribution in [0.4, 0.5) is 17.1 Å². The van der Waals surface area contributed by atoms with Gasteiger partial charge in [0.25, 0.3) is 0 Å². The Morgan fingerprint density at radius 2 is 1.05 bits per heavy atom. The van der Waals surface area contributed by atoms with E-state index in [1.807, 2.05) is 12.1 Å². The molecule has 9 aromatic carbocycles. The van der Waals surface area contributed by atoms with Crippen LogP contribution < -0.4 is 4.90 Å². The van der Waals surface area contributed by atoms with E-state index in [9.17, 15) is 0 Å². The van der Waals surface area contributed by atoms with Crippen molar-refractivity contribution >= 4 is 71.7 Å². The van der Waals surface area contributed by atoms with Crippen LogP contribution >= 0.6 is 0 Å². The van der Waals surface area contributed by atoms with E-state index in [0.29, 0.717) is 0 Å². The molecular formula is C55H37NO2. The van der Waals surface area contributed by atoms with Crippen LogP contribution in [0.1, 0.15) is 25.0 Å². The van der Waals surface area contributed by atoms with E-state index in [4.69, 9.17) is 8.83 Å². The molecule has 0 saturated carbocycles. The molecule has 0 atom stereocenters. The predicted molar refractivity (Wildman–Crippen MR) is 242 cm³/mol. The second kappa shape index (κ2) is 12.3. The minimum absolute atomic E-state index is 0.148. The van der Waals surface area contributed by atoms with Gasteiger partial charge in [-0.3, -0.25) is 0 Å². The number of rotatable bonds is 5. The molecule has 58 heavy (non-hydrogen) atoms. The fourth-order valence-electron chi connectivity index (χ4n) is 9.70. The molecule has 12 rings (SSSR count). The summed E-state index contributed by atoms with van der Waals surface area (Å²) in [4.78, 5) is 2.42. The lowest BCUT2D eigenvalue weighted by Gasteiger charge is -2.29. The molecule has 11 aromatic rings. The number of benzene rings is 9. The monoisotopic (exact) mass is 743 g/mol. The van der Waals surface area contributed by atoms with Gasteiger partial charge in [-0.1, -0.05) is 153 Å². The van der Waals surface area contributed by atoms with Crippen molar-refractivity contribution in [2.45, 2.75) is 19.3 Å². The molecule has 0 N–H and O–H groups in total. The highest BCUT2D eigenvalue weighted by molar-refractivity contribution is 6.24. The van der Waals surface area contributed by atoms with Crippen LogP contribution in [-0.4, -0.2) is 0 Å². The van der Waals surface area contributed by atoms with Gasteiger partial charge >= 0.3 is 0 Å². The van der Waals surface area contributed by atoms with Crippen molar-refractivity contribution in [1.82, 2.24) is 0 Å². The number of nitrogens with zero attached hydrogens (tertiary/aromatic N) is 1. The van der Waals surface area contributed by atoms with E-state index < -0.39 is 0 Å². The third kappa shape index (κ3) is 4.74. The normalized spacial score (nSPS) is 13.1. The Labute approximate surface area is 336 Å². The molecule has 2 aromatic heterocycles. The average Bonchev–Trinajstić information content (AvgIpc) is 3.91. The standard InChI is InChI=1S/C55H37NO2/c1-55(2)46-22-10-8-18-40(46)41-31-30-38(33-47(41)55)56(37-28-26-35(27-29-37)34-14-4-3-5-15-34)48-23-13-25-50-52(48)45-32-36-16-6-7-17-39(36)51(54(45)58-50)44-21-12-20-43-42-19-9-11-24-49(42)57-53(43)44/h3-33H,1-2H3. The molecule has 2 heterocycles. The number of anilines is 3. The summed E-state index contributed by atoms with van der Waals surface area (Å²) in [6, 6.07) is 67.6. The van der Waals surface area contributed by atoms with Crippen LogP contribution in [0.2, 0.25) is 0 Å². The van der Waals surface area contributed by atoms with Crippen molar-refractivity contribution in [2.24, 2.45) is 0 Å². The van der Waals surface area contributed by atoms with Gasteiger partial charge < -0.3 is 13.7 Å². The second-order valence-electron chi connectivity index (χ2n) is 16.0. The summed E-state index contributed by atoms with van der Waals surface area (Å²) in [5.41, 5.74) is 16.2. The fourth-order valence-corrected chi connectivity index (χ4v) is 9.70. The molecule has 1 aliphatic carbocycles. The Bertz CT molecular complexity index is 3420. The van der Waals surface area contributed by atoms with Crippen LogP contribution in [0, 0.1) is 0 Å². The Balaban J connectivity index is 1.13. The first kappa shape index (κ1) is 32.8. The van der Waals surface area contributed by atoms with Gasteiger partial charge in [0.15, 0.2) is 0 Å². The third-order valence-corrected chi connectivity index (χ3v) is 12.5. The van der Waals surface area contributed by atoms with Crippen molar-refractivity contribution in [3.8, 4) is 33.4 Å². The summed E-state index contributed by atoms with van der Waals surface area (Å²) in [6.45, 7) is 4.69. The number of hydrogen-bond donors (Lipinski definition) is 0. The molecule has 0 amide bonds. The third-order valence-electron chi connectivity index (χ3n) is 12.5. The Hall–Kier alpha value is -7.36. The number of fused-ring (bicyclic) bond motifs is 10. The highest BCUT2D eigenvalue weighted by Crippen LogP contribution is 2.52. The lowest BCUT2D eigenvalue weighted by atomic mass is 9.82. The first-order chi connectivity index (χ1) is 28.5. The summed E-state index contributed by atoms with van der Waals surface area (Å²) in [6.07, 6.45) is 0. The van der Waals surface area contributed by atoms with Crippen LogP contribution in [0.5, 0.6) is 0 Å². The maximum Gasteiger partial charge on any atom is 0.144 e. The van der Waals surface area contributed by atoms with E-state index in [-0.39, 0.29) is 5.41 Å². The molecule has 3 heteroatoms. The van der Waals surface area contributed by atoms with Gasteiger partial charge in [0.05, 0.1) is 11.1 Å².